The molecule has 0 spiro atoms. The lowest BCUT2D eigenvalue weighted by atomic mass is 10.0. The van der Waals surface area contributed by atoms with Gasteiger partial charge in [-0.25, -0.2) is 0 Å². The molecule has 1 aromatic rings. The molecule has 94 valence electrons. The van der Waals surface area contributed by atoms with E-state index < -0.39 is 0 Å². The second kappa shape index (κ2) is 7.01. The minimum Gasteiger partial charge on any atom is -0.497 e. The van der Waals surface area contributed by atoms with E-state index in [1.807, 2.05) is 0 Å². The Bertz CT molecular complexity index is 314. The van der Waals surface area contributed by atoms with Crippen LogP contribution in [-0.4, -0.2) is 18.9 Å². The maximum Gasteiger partial charge on any atom is 0.118 e. The van der Waals surface area contributed by atoms with E-state index >= 15 is 0 Å². The Balaban J connectivity index is 1.69. The Kier molecular flexibility index (Phi) is 5.32. The van der Waals surface area contributed by atoms with Gasteiger partial charge in [0.05, 0.1) is 7.11 Å². The van der Waals surface area contributed by atoms with Crippen LogP contribution in [0.1, 0.15) is 37.7 Å². The molecule has 0 radical (unpaired) electrons. The quantitative estimate of drug-likeness (QED) is 0.710. The zero-order chi connectivity index (χ0) is 11.9. The SMILES string of the molecule is COc1ccc(CCPC2CCCCC2)cc1. The molecular formula is C15H23OP. The molecule has 0 aromatic heterocycles. The zero-order valence-electron chi connectivity index (χ0n) is 10.7. The molecule has 0 amide bonds. The van der Waals surface area contributed by atoms with Crippen molar-refractivity contribution < 1.29 is 4.74 Å². The largest absolute Gasteiger partial charge is 0.497 e. The summed E-state index contributed by atoms with van der Waals surface area (Å²) < 4.78 is 5.17. The summed E-state index contributed by atoms with van der Waals surface area (Å²) in [5, 5.41) is 0. The molecule has 0 saturated heterocycles. The topological polar surface area (TPSA) is 9.23 Å². The van der Waals surface area contributed by atoms with Crippen molar-refractivity contribution >= 4 is 8.58 Å². The van der Waals surface area contributed by atoms with Gasteiger partial charge in [-0.1, -0.05) is 31.4 Å². The van der Waals surface area contributed by atoms with Crippen molar-refractivity contribution in [3.8, 4) is 5.75 Å². The lowest BCUT2D eigenvalue weighted by Crippen LogP contribution is -2.07. The highest BCUT2D eigenvalue weighted by Crippen LogP contribution is 2.33. The molecule has 2 heteroatoms. The Hall–Kier alpha value is -0.550. The summed E-state index contributed by atoms with van der Waals surface area (Å²) in [6.07, 6.45) is 10.00. The normalized spacial score (nSPS) is 17.7. The fraction of sp³-hybridized carbons (Fsp3) is 0.600. The second-order valence-electron chi connectivity index (χ2n) is 4.89. The number of hydrogen-bond donors (Lipinski definition) is 0. The minimum absolute atomic E-state index is 0.962. The molecule has 0 heterocycles. The van der Waals surface area contributed by atoms with E-state index in [1.54, 1.807) is 7.11 Å². The number of hydrogen-bond acceptors (Lipinski definition) is 1. The highest BCUT2D eigenvalue weighted by Gasteiger charge is 2.12. The lowest BCUT2D eigenvalue weighted by molar-refractivity contribution is 0.414. The third-order valence-electron chi connectivity index (χ3n) is 3.61. The van der Waals surface area contributed by atoms with Crippen LogP contribution in [0.3, 0.4) is 0 Å². The van der Waals surface area contributed by atoms with Gasteiger partial charge in [-0.3, -0.25) is 0 Å². The number of methoxy groups -OCH3 is 1. The van der Waals surface area contributed by atoms with Gasteiger partial charge in [0.1, 0.15) is 5.75 Å². The van der Waals surface area contributed by atoms with Crippen LogP contribution in [0.4, 0.5) is 0 Å². The van der Waals surface area contributed by atoms with E-state index in [0.717, 1.165) is 11.4 Å². The van der Waals surface area contributed by atoms with Gasteiger partial charge in [-0.05, 0) is 48.8 Å². The van der Waals surface area contributed by atoms with Crippen molar-refractivity contribution in [1.29, 1.82) is 0 Å². The molecular weight excluding hydrogens is 227 g/mol. The van der Waals surface area contributed by atoms with E-state index in [1.165, 1.54) is 58.8 Å². The first kappa shape index (κ1) is 12.9. The maximum absolute atomic E-state index is 5.17. The number of rotatable bonds is 5. The Morgan fingerprint density at radius 2 is 1.82 bits per heavy atom. The summed E-state index contributed by atoms with van der Waals surface area (Å²) in [7, 11) is 2.89. The fourth-order valence-electron chi connectivity index (χ4n) is 2.52. The van der Waals surface area contributed by atoms with Crippen molar-refractivity contribution in [2.24, 2.45) is 0 Å². The van der Waals surface area contributed by atoms with E-state index in [0.29, 0.717) is 0 Å². The molecule has 1 aromatic carbocycles. The summed E-state index contributed by atoms with van der Waals surface area (Å²) in [4.78, 5) is 0. The van der Waals surface area contributed by atoms with Gasteiger partial charge in [0.15, 0.2) is 0 Å². The van der Waals surface area contributed by atoms with Crippen molar-refractivity contribution in [2.45, 2.75) is 44.2 Å². The van der Waals surface area contributed by atoms with E-state index in [2.05, 4.69) is 24.3 Å². The van der Waals surface area contributed by atoms with Gasteiger partial charge in [0.25, 0.3) is 0 Å². The van der Waals surface area contributed by atoms with Gasteiger partial charge in [0.2, 0.25) is 0 Å². The molecule has 1 unspecified atom stereocenters. The maximum atomic E-state index is 5.17. The Morgan fingerprint density at radius 3 is 2.47 bits per heavy atom. The van der Waals surface area contributed by atoms with Crippen LogP contribution < -0.4 is 4.74 Å². The first-order valence-electron chi connectivity index (χ1n) is 6.75. The average Bonchev–Trinajstić information content (AvgIpc) is 2.41. The number of benzene rings is 1. The third kappa shape index (κ3) is 4.32. The lowest BCUT2D eigenvalue weighted by Gasteiger charge is -2.21. The van der Waals surface area contributed by atoms with Crippen molar-refractivity contribution in [2.75, 3.05) is 13.3 Å². The van der Waals surface area contributed by atoms with E-state index in [4.69, 9.17) is 4.74 Å². The van der Waals surface area contributed by atoms with Crippen LogP contribution in [0.2, 0.25) is 0 Å². The van der Waals surface area contributed by atoms with Crippen molar-refractivity contribution in [3.63, 3.8) is 0 Å². The van der Waals surface area contributed by atoms with Crippen molar-refractivity contribution in [1.82, 2.24) is 0 Å². The molecule has 1 aliphatic carbocycles. The summed E-state index contributed by atoms with van der Waals surface area (Å²) in [6.45, 7) is 0. The highest BCUT2D eigenvalue weighted by molar-refractivity contribution is 7.38. The molecule has 1 nitrogen and oxygen atoms in total. The Labute approximate surface area is 107 Å². The first-order chi connectivity index (χ1) is 8.38. The number of ether oxygens (including phenoxy) is 1. The molecule has 1 atom stereocenters. The summed E-state index contributed by atoms with van der Waals surface area (Å²) in [5.74, 6) is 0.962. The standard InChI is InChI=1S/C15H23OP/c1-16-14-9-7-13(8-10-14)11-12-17-15-5-3-2-4-6-15/h7-10,15,17H,2-6,11-12H2,1H3. The van der Waals surface area contributed by atoms with Gasteiger partial charge in [0, 0.05) is 0 Å². The van der Waals surface area contributed by atoms with Gasteiger partial charge >= 0.3 is 0 Å². The van der Waals surface area contributed by atoms with Crippen LogP contribution in [0.15, 0.2) is 24.3 Å². The van der Waals surface area contributed by atoms with Crippen LogP contribution in [0, 0.1) is 0 Å². The fourth-order valence-corrected chi connectivity index (χ4v) is 4.18. The molecule has 0 aliphatic heterocycles. The molecule has 0 N–H and O–H groups in total. The molecule has 1 saturated carbocycles. The molecule has 2 rings (SSSR count). The summed E-state index contributed by atoms with van der Waals surface area (Å²) in [5.41, 5.74) is 2.50. The summed E-state index contributed by atoms with van der Waals surface area (Å²) in [6, 6.07) is 8.53. The highest BCUT2D eigenvalue weighted by atomic mass is 31.1. The van der Waals surface area contributed by atoms with Crippen LogP contribution >= 0.6 is 8.58 Å². The average molecular weight is 250 g/mol. The second-order valence-corrected chi connectivity index (χ2v) is 6.61. The van der Waals surface area contributed by atoms with Crippen LogP contribution in [0.25, 0.3) is 0 Å². The van der Waals surface area contributed by atoms with Crippen molar-refractivity contribution in [3.05, 3.63) is 29.8 Å². The smallest absolute Gasteiger partial charge is 0.118 e. The molecule has 1 aliphatic rings. The molecule has 1 fully saturated rings. The zero-order valence-corrected chi connectivity index (χ0v) is 11.7. The molecule has 17 heavy (non-hydrogen) atoms. The van der Waals surface area contributed by atoms with Crippen LogP contribution in [0.5, 0.6) is 5.75 Å². The van der Waals surface area contributed by atoms with E-state index in [9.17, 15) is 0 Å². The van der Waals surface area contributed by atoms with Crippen LogP contribution in [-0.2, 0) is 6.42 Å². The predicted octanol–water partition coefficient (Wildman–Crippen LogP) is 4.25. The van der Waals surface area contributed by atoms with Gasteiger partial charge in [-0.15, -0.1) is 8.58 Å². The third-order valence-corrected chi connectivity index (χ3v) is 5.30. The molecule has 0 bridgehead atoms. The van der Waals surface area contributed by atoms with Gasteiger partial charge < -0.3 is 4.74 Å². The monoisotopic (exact) mass is 250 g/mol. The number of aryl methyl sites for hydroxylation is 1. The minimum atomic E-state index is 0.962. The Morgan fingerprint density at radius 1 is 1.12 bits per heavy atom. The summed E-state index contributed by atoms with van der Waals surface area (Å²) >= 11 is 0. The predicted molar refractivity (Wildman–Crippen MR) is 76.8 cm³/mol. The van der Waals surface area contributed by atoms with E-state index in [-0.39, 0.29) is 0 Å². The first-order valence-corrected chi connectivity index (χ1v) is 8.03. The van der Waals surface area contributed by atoms with Gasteiger partial charge in [-0.2, -0.15) is 0 Å².